The number of carboxylic acid groups (broad SMARTS) is 1. The Labute approximate surface area is 292 Å². The number of nitrogens with zero attached hydrogens (tertiary/aromatic N) is 4. The molecule has 0 unspecified atom stereocenters. The van der Waals surface area contributed by atoms with E-state index in [1.54, 1.807) is 26.0 Å². The van der Waals surface area contributed by atoms with E-state index in [1.807, 2.05) is 45.0 Å². The lowest BCUT2D eigenvalue weighted by molar-refractivity contribution is -0.160. The van der Waals surface area contributed by atoms with Gasteiger partial charge in [0.1, 0.15) is 11.6 Å². The minimum Gasteiger partial charge on any atom is -0.493 e. The number of piperidine rings is 1. The van der Waals surface area contributed by atoms with Gasteiger partial charge in [-0.2, -0.15) is 0 Å². The van der Waals surface area contributed by atoms with Crippen molar-refractivity contribution in [2.45, 2.75) is 86.0 Å². The van der Waals surface area contributed by atoms with E-state index in [1.165, 1.54) is 12.1 Å². The second-order valence-electron chi connectivity index (χ2n) is 14.4. The molecule has 4 aromatic rings. The molecule has 266 valence electrons. The molecule has 3 heterocycles. The van der Waals surface area contributed by atoms with Crippen molar-refractivity contribution in [3.05, 3.63) is 88.6 Å². The molecule has 2 aromatic heterocycles. The molecular formula is C38H46FN5O6. The Morgan fingerprint density at radius 1 is 1.04 bits per heavy atom. The van der Waals surface area contributed by atoms with Crippen molar-refractivity contribution in [3.8, 4) is 16.9 Å². The van der Waals surface area contributed by atoms with Crippen LogP contribution in [0.25, 0.3) is 11.1 Å². The zero-order chi connectivity index (χ0) is 36.2. The summed E-state index contributed by atoms with van der Waals surface area (Å²) in [6, 6.07) is 13.9. The number of nitrogens with one attached hydrogen (secondary N) is 1. The highest BCUT2D eigenvalue weighted by Gasteiger charge is 2.37. The SMILES string of the molecule is Cc1nnc(C(=O)NCc2nc(C)c([C@H](OC(C)(C)C)C(=O)O)c(N3CCC(C)(C)CC3)c2-c2ccc(OCCc3ccc(F)cc3)cc2)o1. The largest absolute Gasteiger partial charge is 0.493 e. The number of carbonyl (C=O) groups is 2. The number of hydrogen-bond donors (Lipinski definition) is 2. The van der Waals surface area contributed by atoms with Crippen molar-refractivity contribution >= 4 is 17.6 Å². The minimum absolute atomic E-state index is 0.0107. The van der Waals surface area contributed by atoms with Crippen molar-refractivity contribution in [2.75, 3.05) is 24.6 Å². The van der Waals surface area contributed by atoms with Crippen LogP contribution in [-0.2, 0) is 22.5 Å². The van der Waals surface area contributed by atoms with Crippen LogP contribution in [0.3, 0.4) is 0 Å². The highest BCUT2D eigenvalue weighted by Crippen LogP contribution is 2.45. The van der Waals surface area contributed by atoms with Crippen molar-refractivity contribution in [1.82, 2.24) is 20.5 Å². The summed E-state index contributed by atoms with van der Waals surface area (Å²) in [6.07, 6.45) is 1.10. The number of carbonyl (C=O) groups excluding carboxylic acids is 1. The normalized spacial score (nSPS) is 15.1. The van der Waals surface area contributed by atoms with E-state index in [2.05, 4.69) is 34.3 Å². The predicted octanol–water partition coefficient (Wildman–Crippen LogP) is 7.01. The molecule has 2 N–H and O–H groups in total. The smallest absolute Gasteiger partial charge is 0.337 e. The number of halogens is 1. The van der Waals surface area contributed by atoms with Gasteiger partial charge in [-0.15, -0.1) is 10.2 Å². The maximum atomic E-state index is 13.3. The third-order valence-electron chi connectivity index (χ3n) is 8.72. The average molecular weight is 688 g/mol. The van der Waals surface area contributed by atoms with E-state index in [0.717, 1.165) is 24.0 Å². The number of ether oxygens (including phenoxy) is 2. The first-order valence-corrected chi connectivity index (χ1v) is 16.9. The molecule has 1 amide bonds. The Bertz CT molecular complexity index is 1810. The van der Waals surface area contributed by atoms with E-state index in [4.69, 9.17) is 18.9 Å². The summed E-state index contributed by atoms with van der Waals surface area (Å²) < 4.78 is 30.9. The molecule has 0 spiro atoms. The van der Waals surface area contributed by atoms with Crippen LogP contribution >= 0.6 is 0 Å². The number of aromatic nitrogens is 3. The van der Waals surface area contributed by atoms with Crippen LogP contribution in [0.2, 0.25) is 0 Å². The molecular weight excluding hydrogens is 641 g/mol. The second-order valence-corrected chi connectivity index (χ2v) is 14.4. The summed E-state index contributed by atoms with van der Waals surface area (Å²) in [7, 11) is 0. The van der Waals surface area contributed by atoms with Gasteiger partial charge < -0.3 is 29.2 Å². The first kappa shape index (κ1) is 36.4. The fraction of sp³-hybridized carbons (Fsp3) is 0.447. The van der Waals surface area contributed by atoms with Gasteiger partial charge in [-0.3, -0.25) is 9.78 Å². The van der Waals surface area contributed by atoms with Crippen LogP contribution in [0.4, 0.5) is 10.1 Å². The molecule has 11 nitrogen and oxygen atoms in total. The van der Waals surface area contributed by atoms with Crippen LogP contribution in [0.1, 0.15) is 92.7 Å². The summed E-state index contributed by atoms with van der Waals surface area (Å²) in [6.45, 7) is 15.1. The maximum absolute atomic E-state index is 13.3. The highest BCUT2D eigenvalue weighted by atomic mass is 19.1. The fourth-order valence-electron chi connectivity index (χ4n) is 6.04. The number of aliphatic carboxylic acids is 1. The van der Waals surface area contributed by atoms with Crippen molar-refractivity contribution in [3.63, 3.8) is 0 Å². The zero-order valence-electron chi connectivity index (χ0n) is 29.8. The number of amides is 1. The van der Waals surface area contributed by atoms with E-state index in [-0.39, 0.29) is 29.6 Å². The summed E-state index contributed by atoms with van der Waals surface area (Å²) >= 11 is 0. The Balaban J connectivity index is 1.59. The molecule has 0 radical (unpaired) electrons. The number of anilines is 1. The molecule has 2 aromatic carbocycles. The van der Waals surface area contributed by atoms with Gasteiger partial charge in [-0.25, -0.2) is 9.18 Å². The van der Waals surface area contributed by atoms with Crippen LogP contribution in [0.5, 0.6) is 5.75 Å². The monoisotopic (exact) mass is 687 g/mol. The molecule has 0 saturated carbocycles. The summed E-state index contributed by atoms with van der Waals surface area (Å²) in [4.78, 5) is 33.1. The number of pyridine rings is 1. The summed E-state index contributed by atoms with van der Waals surface area (Å²) in [5.74, 6) is -1.21. The maximum Gasteiger partial charge on any atom is 0.337 e. The number of aryl methyl sites for hydroxylation is 2. The second kappa shape index (κ2) is 15.0. The van der Waals surface area contributed by atoms with Gasteiger partial charge in [-0.1, -0.05) is 38.1 Å². The van der Waals surface area contributed by atoms with E-state index in [0.29, 0.717) is 60.1 Å². The number of carboxylic acids is 1. The molecule has 1 aliphatic heterocycles. The molecule has 1 aliphatic rings. The van der Waals surface area contributed by atoms with Crippen LogP contribution in [0.15, 0.2) is 52.9 Å². The van der Waals surface area contributed by atoms with Crippen molar-refractivity contribution in [1.29, 1.82) is 0 Å². The van der Waals surface area contributed by atoms with Gasteiger partial charge in [0.05, 0.1) is 30.1 Å². The molecule has 12 heteroatoms. The molecule has 1 atom stereocenters. The van der Waals surface area contributed by atoms with Gasteiger partial charge in [0, 0.05) is 43.3 Å². The third-order valence-corrected chi connectivity index (χ3v) is 8.72. The lowest BCUT2D eigenvalue weighted by atomic mass is 9.81. The molecule has 50 heavy (non-hydrogen) atoms. The Morgan fingerprint density at radius 3 is 2.28 bits per heavy atom. The topological polar surface area (TPSA) is 140 Å². The summed E-state index contributed by atoms with van der Waals surface area (Å²) in [5.41, 5.74) is 4.00. The number of rotatable bonds is 12. The average Bonchev–Trinajstić information content (AvgIpc) is 3.49. The minimum atomic E-state index is -1.30. The first-order chi connectivity index (χ1) is 23.6. The molecule has 0 aliphatic carbocycles. The van der Waals surface area contributed by atoms with Crippen molar-refractivity contribution in [2.24, 2.45) is 5.41 Å². The quantitative estimate of drug-likeness (QED) is 0.160. The van der Waals surface area contributed by atoms with Gasteiger partial charge >= 0.3 is 17.8 Å². The molecule has 1 saturated heterocycles. The van der Waals surface area contributed by atoms with Gasteiger partial charge in [0.2, 0.25) is 5.89 Å². The zero-order valence-corrected chi connectivity index (χ0v) is 29.8. The van der Waals surface area contributed by atoms with E-state index in [9.17, 15) is 19.1 Å². The number of hydrogen-bond acceptors (Lipinski definition) is 9. The van der Waals surface area contributed by atoms with Crippen LogP contribution < -0.4 is 15.0 Å². The summed E-state index contributed by atoms with van der Waals surface area (Å²) in [5, 5.41) is 21.0. The Morgan fingerprint density at radius 2 is 1.70 bits per heavy atom. The van der Waals surface area contributed by atoms with Gasteiger partial charge in [-0.05, 0) is 81.3 Å². The van der Waals surface area contributed by atoms with Crippen LogP contribution in [-0.4, -0.2) is 57.5 Å². The molecule has 1 fully saturated rings. The standard InChI is InChI=1S/C38H46FN5O6/c1-23-30(33(36(46)47)50-37(3,4)5)32(44-19-17-38(6,7)18-20-44)31(29(41-23)22-40-34(45)35-43-42-24(2)49-35)26-10-14-28(15-11-26)48-21-16-25-8-12-27(39)13-9-25/h8-15,33H,16-22H2,1-7H3,(H,40,45)(H,46,47)/t33-/m0/s1. The highest BCUT2D eigenvalue weighted by molar-refractivity contribution is 5.91. The van der Waals surface area contributed by atoms with Crippen LogP contribution in [0, 0.1) is 25.1 Å². The van der Waals surface area contributed by atoms with Gasteiger partial charge in [0.15, 0.2) is 6.10 Å². The van der Waals surface area contributed by atoms with E-state index < -0.39 is 23.6 Å². The van der Waals surface area contributed by atoms with Gasteiger partial charge in [0.25, 0.3) is 0 Å². The Kier molecular flexibility index (Phi) is 10.9. The van der Waals surface area contributed by atoms with Crippen molar-refractivity contribution < 1.29 is 33.0 Å². The van der Waals surface area contributed by atoms with E-state index >= 15 is 0 Å². The Hall–Kier alpha value is -4.84. The lowest BCUT2D eigenvalue weighted by Gasteiger charge is -2.41. The molecule has 5 rings (SSSR count). The first-order valence-electron chi connectivity index (χ1n) is 16.9. The fourth-order valence-corrected chi connectivity index (χ4v) is 6.04. The lowest BCUT2D eigenvalue weighted by Crippen LogP contribution is -2.39. The predicted molar refractivity (Wildman–Crippen MR) is 187 cm³/mol. The molecule has 0 bridgehead atoms. The third kappa shape index (κ3) is 9.03. The number of benzene rings is 2.